The fourth-order valence-electron chi connectivity index (χ4n) is 4.74. The number of para-hydroxylation sites is 1. The third kappa shape index (κ3) is 2.25. The maximum Gasteiger partial charge on any atom is 0.188 e. The van der Waals surface area contributed by atoms with E-state index in [1.807, 2.05) is 109 Å². The monoisotopic (exact) mass is 387 g/mol. The molecule has 1 heterocycles. The number of hydrogen-bond donors (Lipinski definition) is 0. The van der Waals surface area contributed by atoms with Gasteiger partial charge in [0, 0.05) is 27.6 Å². The second-order valence-corrected chi connectivity index (χ2v) is 7.66. The summed E-state index contributed by atoms with van der Waals surface area (Å²) in [5, 5.41) is 0.856. The lowest BCUT2D eigenvalue weighted by Gasteiger charge is -2.25. The number of fused-ring (bicyclic) bond motifs is 5. The molecule has 6 rings (SSSR count). The van der Waals surface area contributed by atoms with E-state index in [0.717, 1.165) is 33.3 Å². The maximum atomic E-state index is 17.4. The van der Waals surface area contributed by atoms with Gasteiger partial charge in [0.2, 0.25) is 0 Å². The van der Waals surface area contributed by atoms with Gasteiger partial charge in [0.25, 0.3) is 0 Å². The van der Waals surface area contributed by atoms with Crippen molar-refractivity contribution in [3.8, 4) is 22.4 Å². The van der Waals surface area contributed by atoms with Crippen LogP contribution in [0.5, 0.6) is 0 Å². The molecule has 4 aromatic carbocycles. The SMILES string of the molecule is FC1(c2ccccc2)c2ccccc2-c2c(-c3ccccc3)nc3ccccc3c21. The zero-order valence-corrected chi connectivity index (χ0v) is 16.2. The first-order chi connectivity index (χ1) is 14.8. The Hall–Kier alpha value is -3.78. The first-order valence-corrected chi connectivity index (χ1v) is 10.1. The predicted molar refractivity (Wildman–Crippen MR) is 120 cm³/mol. The highest BCUT2D eigenvalue weighted by atomic mass is 19.1. The lowest BCUT2D eigenvalue weighted by atomic mass is 9.84. The lowest BCUT2D eigenvalue weighted by molar-refractivity contribution is 0.290. The van der Waals surface area contributed by atoms with Crippen molar-refractivity contribution in [3.63, 3.8) is 0 Å². The van der Waals surface area contributed by atoms with Crippen molar-refractivity contribution in [3.05, 3.63) is 126 Å². The van der Waals surface area contributed by atoms with E-state index in [4.69, 9.17) is 4.98 Å². The van der Waals surface area contributed by atoms with Crippen molar-refractivity contribution < 1.29 is 4.39 Å². The Morgan fingerprint density at radius 2 is 1.27 bits per heavy atom. The molecule has 0 saturated heterocycles. The van der Waals surface area contributed by atoms with E-state index in [2.05, 4.69) is 0 Å². The van der Waals surface area contributed by atoms with Crippen LogP contribution in [-0.2, 0) is 5.67 Å². The zero-order valence-electron chi connectivity index (χ0n) is 16.2. The molecule has 0 spiro atoms. The molecule has 1 atom stereocenters. The summed E-state index contributed by atoms with van der Waals surface area (Å²) in [7, 11) is 0. The summed E-state index contributed by atoms with van der Waals surface area (Å²) in [5.41, 5.74) is 4.71. The van der Waals surface area contributed by atoms with Gasteiger partial charge in [0.1, 0.15) is 0 Å². The number of alkyl halides is 1. The first kappa shape index (κ1) is 17.1. The van der Waals surface area contributed by atoms with Gasteiger partial charge in [-0.2, -0.15) is 0 Å². The molecule has 0 amide bonds. The molecule has 1 unspecified atom stereocenters. The van der Waals surface area contributed by atoms with Gasteiger partial charge in [0.15, 0.2) is 5.67 Å². The average molecular weight is 387 g/mol. The minimum atomic E-state index is -1.74. The molecule has 0 fully saturated rings. The standard InChI is InChI=1S/C28H18FN/c29-28(20-13-5-2-6-14-20)23-17-9-7-15-21(23)25-26(28)22-16-8-10-18-24(22)30-27(25)19-11-3-1-4-12-19/h1-18H. The van der Waals surface area contributed by atoms with Gasteiger partial charge in [-0.1, -0.05) is 103 Å². The van der Waals surface area contributed by atoms with Crippen LogP contribution in [0, 0.1) is 0 Å². The average Bonchev–Trinajstić information content (AvgIpc) is 3.10. The van der Waals surface area contributed by atoms with Gasteiger partial charge in [-0.05, 0) is 17.2 Å². The molecule has 142 valence electrons. The molecule has 5 aromatic rings. The second-order valence-electron chi connectivity index (χ2n) is 7.66. The Morgan fingerprint density at radius 1 is 0.633 bits per heavy atom. The first-order valence-electron chi connectivity index (χ1n) is 10.1. The van der Waals surface area contributed by atoms with E-state index in [9.17, 15) is 0 Å². The molecule has 1 aromatic heterocycles. The van der Waals surface area contributed by atoms with Crippen molar-refractivity contribution >= 4 is 10.9 Å². The molecular weight excluding hydrogens is 369 g/mol. The Balaban J connectivity index is 1.83. The summed E-state index contributed by atoms with van der Waals surface area (Å²) in [6.07, 6.45) is 0. The van der Waals surface area contributed by atoms with Crippen LogP contribution in [0.2, 0.25) is 0 Å². The van der Waals surface area contributed by atoms with Crippen molar-refractivity contribution in [2.75, 3.05) is 0 Å². The van der Waals surface area contributed by atoms with Crippen LogP contribution in [0.3, 0.4) is 0 Å². The highest BCUT2D eigenvalue weighted by Gasteiger charge is 2.47. The predicted octanol–water partition coefficient (Wildman–Crippen LogP) is 7.14. The molecule has 1 aliphatic carbocycles. The number of benzene rings is 4. The highest BCUT2D eigenvalue weighted by Crippen LogP contribution is 2.57. The number of nitrogens with zero attached hydrogens (tertiary/aromatic N) is 1. The Labute approximate surface area is 174 Å². The van der Waals surface area contributed by atoms with Gasteiger partial charge in [-0.15, -0.1) is 0 Å². The topological polar surface area (TPSA) is 12.9 Å². The molecule has 1 aliphatic rings. The smallest absolute Gasteiger partial charge is 0.188 e. The number of halogens is 1. The normalized spacial score (nSPS) is 17.0. The van der Waals surface area contributed by atoms with Crippen LogP contribution in [0.4, 0.5) is 4.39 Å². The van der Waals surface area contributed by atoms with E-state index in [1.165, 1.54) is 0 Å². The largest absolute Gasteiger partial charge is 0.247 e. The number of hydrogen-bond acceptors (Lipinski definition) is 1. The van der Waals surface area contributed by atoms with E-state index in [0.29, 0.717) is 16.7 Å². The van der Waals surface area contributed by atoms with Crippen molar-refractivity contribution in [1.82, 2.24) is 4.98 Å². The lowest BCUT2D eigenvalue weighted by Crippen LogP contribution is -2.21. The fourth-order valence-corrected chi connectivity index (χ4v) is 4.74. The van der Waals surface area contributed by atoms with E-state index in [-0.39, 0.29) is 0 Å². The molecule has 30 heavy (non-hydrogen) atoms. The van der Waals surface area contributed by atoms with Gasteiger partial charge in [0.05, 0.1) is 11.2 Å². The Bertz CT molecular complexity index is 1390. The van der Waals surface area contributed by atoms with Crippen LogP contribution in [-0.4, -0.2) is 4.98 Å². The zero-order chi connectivity index (χ0) is 20.1. The summed E-state index contributed by atoms with van der Waals surface area (Å²) in [5.74, 6) is 0. The molecule has 0 aliphatic heterocycles. The summed E-state index contributed by atoms with van der Waals surface area (Å²) < 4.78 is 17.4. The molecule has 1 nitrogen and oxygen atoms in total. The summed E-state index contributed by atoms with van der Waals surface area (Å²) in [6.45, 7) is 0. The Kier molecular flexibility index (Phi) is 3.63. The van der Waals surface area contributed by atoms with Gasteiger partial charge in [-0.3, -0.25) is 0 Å². The minimum Gasteiger partial charge on any atom is -0.247 e. The van der Waals surface area contributed by atoms with Crippen LogP contribution in [0.15, 0.2) is 109 Å². The molecule has 0 N–H and O–H groups in total. The number of aromatic nitrogens is 1. The third-order valence-corrected chi connectivity index (χ3v) is 6.02. The number of pyridine rings is 1. The van der Waals surface area contributed by atoms with Crippen LogP contribution in [0.25, 0.3) is 33.3 Å². The van der Waals surface area contributed by atoms with Crippen LogP contribution >= 0.6 is 0 Å². The van der Waals surface area contributed by atoms with Gasteiger partial charge >= 0.3 is 0 Å². The van der Waals surface area contributed by atoms with Crippen LogP contribution < -0.4 is 0 Å². The summed E-state index contributed by atoms with van der Waals surface area (Å²) >= 11 is 0. The third-order valence-electron chi connectivity index (χ3n) is 6.02. The van der Waals surface area contributed by atoms with Crippen molar-refractivity contribution in [1.29, 1.82) is 0 Å². The Morgan fingerprint density at radius 3 is 2.07 bits per heavy atom. The summed E-state index contributed by atoms with van der Waals surface area (Å²) in [6, 6.07) is 35.2. The second kappa shape index (κ2) is 6.36. The van der Waals surface area contributed by atoms with E-state index >= 15 is 4.39 Å². The van der Waals surface area contributed by atoms with Crippen molar-refractivity contribution in [2.24, 2.45) is 0 Å². The fraction of sp³-hybridized carbons (Fsp3) is 0.0357. The van der Waals surface area contributed by atoms with Gasteiger partial charge in [-0.25, -0.2) is 9.37 Å². The minimum absolute atomic E-state index is 0.645. The van der Waals surface area contributed by atoms with Crippen LogP contribution in [0.1, 0.15) is 16.7 Å². The quantitative estimate of drug-likeness (QED) is 0.314. The van der Waals surface area contributed by atoms with E-state index < -0.39 is 5.67 Å². The summed E-state index contributed by atoms with van der Waals surface area (Å²) in [4.78, 5) is 5.01. The van der Waals surface area contributed by atoms with Gasteiger partial charge < -0.3 is 0 Å². The molecule has 2 heteroatoms. The molecule has 0 saturated carbocycles. The molecule has 0 bridgehead atoms. The van der Waals surface area contributed by atoms with E-state index in [1.54, 1.807) is 0 Å². The van der Waals surface area contributed by atoms with Crippen molar-refractivity contribution in [2.45, 2.75) is 5.67 Å². The maximum absolute atomic E-state index is 17.4. The molecular formula is C28H18FN. The number of rotatable bonds is 2. The molecule has 0 radical (unpaired) electrons. The highest BCUT2D eigenvalue weighted by molar-refractivity contribution is 6.01.